The summed E-state index contributed by atoms with van der Waals surface area (Å²) in [5, 5.41) is 11.3. The first-order valence-corrected chi connectivity index (χ1v) is 8.90. The fourth-order valence-electron chi connectivity index (χ4n) is 2.23. The molecule has 1 atom stereocenters. The van der Waals surface area contributed by atoms with Crippen LogP contribution in [0.25, 0.3) is 0 Å². The van der Waals surface area contributed by atoms with Crippen LogP contribution in [-0.4, -0.2) is 42.8 Å². The molecule has 6 nitrogen and oxygen atoms in total. The van der Waals surface area contributed by atoms with Gasteiger partial charge in [-0.1, -0.05) is 58.3 Å². The topological polar surface area (TPSA) is 102 Å². The van der Waals surface area contributed by atoms with Crippen LogP contribution in [0, 0.1) is 0 Å². The second kappa shape index (κ2) is 15.7. The van der Waals surface area contributed by atoms with Crippen LogP contribution in [0.15, 0.2) is 0 Å². The SMILES string of the molecule is CCCCCCCCCCCC(=O)NCCOC[C@H](N)C(=O)O. The van der Waals surface area contributed by atoms with Gasteiger partial charge in [0.15, 0.2) is 0 Å². The van der Waals surface area contributed by atoms with Gasteiger partial charge in [0.25, 0.3) is 0 Å². The second-order valence-corrected chi connectivity index (χ2v) is 5.95. The molecule has 0 aromatic heterocycles. The van der Waals surface area contributed by atoms with E-state index in [1.54, 1.807) is 0 Å². The molecule has 0 saturated heterocycles. The van der Waals surface area contributed by atoms with Crippen LogP contribution in [0.4, 0.5) is 0 Å². The first-order valence-electron chi connectivity index (χ1n) is 8.90. The maximum atomic E-state index is 11.6. The van der Waals surface area contributed by atoms with E-state index < -0.39 is 12.0 Å². The van der Waals surface area contributed by atoms with Gasteiger partial charge >= 0.3 is 5.97 Å². The number of carboxylic acid groups (broad SMARTS) is 1. The van der Waals surface area contributed by atoms with E-state index >= 15 is 0 Å². The molecule has 0 unspecified atom stereocenters. The predicted octanol–water partition coefficient (Wildman–Crippen LogP) is 2.45. The third-order valence-corrected chi connectivity index (χ3v) is 3.69. The quantitative estimate of drug-likeness (QED) is 0.377. The molecule has 0 aliphatic carbocycles. The molecular weight excluding hydrogens is 296 g/mol. The number of hydrogen-bond acceptors (Lipinski definition) is 4. The van der Waals surface area contributed by atoms with E-state index in [2.05, 4.69) is 12.2 Å². The Hall–Kier alpha value is -1.14. The Labute approximate surface area is 140 Å². The summed E-state index contributed by atoms with van der Waals surface area (Å²) in [6.45, 7) is 2.86. The number of rotatable bonds is 16. The van der Waals surface area contributed by atoms with E-state index in [9.17, 15) is 9.59 Å². The summed E-state index contributed by atoms with van der Waals surface area (Å²) < 4.78 is 5.08. The molecule has 0 heterocycles. The number of carbonyl (C=O) groups is 2. The van der Waals surface area contributed by atoms with Crippen molar-refractivity contribution in [1.29, 1.82) is 0 Å². The van der Waals surface area contributed by atoms with Gasteiger partial charge in [-0.25, -0.2) is 0 Å². The van der Waals surface area contributed by atoms with Crippen molar-refractivity contribution in [3.05, 3.63) is 0 Å². The van der Waals surface area contributed by atoms with Gasteiger partial charge in [-0.05, 0) is 6.42 Å². The summed E-state index contributed by atoms with van der Waals surface area (Å²) in [5.41, 5.74) is 5.29. The van der Waals surface area contributed by atoms with Gasteiger partial charge < -0.3 is 20.9 Å². The van der Waals surface area contributed by atoms with E-state index in [1.807, 2.05) is 0 Å². The highest BCUT2D eigenvalue weighted by atomic mass is 16.5. The molecule has 23 heavy (non-hydrogen) atoms. The molecule has 0 aromatic carbocycles. The molecule has 0 spiro atoms. The van der Waals surface area contributed by atoms with Gasteiger partial charge in [0.2, 0.25) is 5.91 Å². The second-order valence-electron chi connectivity index (χ2n) is 5.95. The minimum atomic E-state index is -1.08. The summed E-state index contributed by atoms with van der Waals surface area (Å²) in [6, 6.07) is -1.01. The van der Waals surface area contributed by atoms with Gasteiger partial charge in [0, 0.05) is 13.0 Å². The largest absolute Gasteiger partial charge is 0.480 e. The van der Waals surface area contributed by atoms with E-state index in [0.29, 0.717) is 13.0 Å². The molecule has 0 aliphatic rings. The van der Waals surface area contributed by atoms with Crippen molar-refractivity contribution in [3.8, 4) is 0 Å². The molecule has 0 saturated carbocycles. The highest BCUT2D eigenvalue weighted by Crippen LogP contribution is 2.10. The Morgan fingerprint density at radius 1 is 1.04 bits per heavy atom. The number of nitrogens with one attached hydrogen (secondary N) is 1. The molecule has 0 aliphatic heterocycles. The fourth-order valence-corrected chi connectivity index (χ4v) is 2.23. The Kier molecular flexibility index (Phi) is 15.0. The lowest BCUT2D eigenvalue weighted by molar-refractivity contribution is -0.140. The zero-order valence-electron chi connectivity index (χ0n) is 14.5. The normalized spacial score (nSPS) is 12.1. The zero-order valence-corrected chi connectivity index (χ0v) is 14.5. The predicted molar refractivity (Wildman–Crippen MR) is 91.3 cm³/mol. The van der Waals surface area contributed by atoms with E-state index in [1.165, 1.54) is 44.9 Å². The first kappa shape index (κ1) is 21.9. The lowest BCUT2D eigenvalue weighted by atomic mass is 10.1. The number of aliphatic carboxylic acids is 1. The Morgan fingerprint density at radius 2 is 1.61 bits per heavy atom. The number of carbonyl (C=O) groups excluding carboxylic acids is 1. The summed E-state index contributed by atoms with van der Waals surface area (Å²) >= 11 is 0. The number of nitrogens with two attached hydrogens (primary N) is 1. The number of ether oxygens (including phenoxy) is 1. The van der Waals surface area contributed by atoms with Crippen molar-refractivity contribution < 1.29 is 19.4 Å². The van der Waals surface area contributed by atoms with Gasteiger partial charge in [0.05, 0.1) is 13.2 Å². The molecule has 136 valence electrons. The van der Waals surface area contributed by atoms with Crippen LogP contribution < -0.4 is 11.1 Å². The molecule has 0 fully saturated rings. The molecule has 0 bridgehead atoms. The van der Waals surface area contributed by atoms with Crippen molar-refractivity contribution in [2.75, 3.05) is 19.8 Å². The maximum absolute atomic E-state index is 11.6. The van der Waals surface area contributed by atoms with Gasteiger partial charge in [-0.2, -0.15) is 0 Å². The molecule has 0 rings (SSSR count). The molecule has 6 heteroatoms. The van der Waals surface area contributed by atoms with Crippen molar-refractivity contribution >= 4 is 11.9 Å². The fraction of sp³-hybridized carbons (Fsp3) is 0.882. The molecule has 0 radical (unpaired) electrons. The minimum absolute atomic E-state index is 0.0269. The number of unbranched alkanes of at least 4 members (excludes halogenated alkanes) is 8. The lowest BCUT2D eigenvalue weighted by Gasteiger charge is -2.08. The van der Waals surface area contributed by atoms with Crippen LogP contribution in [0.5, 0.6) is 0 Å². The zero-order chi connectivity index (χ0) is 17.3. The number of amides is 1. The number of hydrogen-bond donors (Lipinski definition) is 3. The van der Waals surface area contributed by atoms with Crippen molar-refractivity contribution in [3.63, 3.8) is 0 Å². The average molecular weight is 330 g/mol. The lowest BCUT2D eigenvalue weighted by Crippen LogP contribution is -2.36. The highest BCUT2D eigenvalue weighted by molar-refractivity contribution is 5.75. The summed E-state index contributed by atoms with van der Waals surface area (Å²) in [4.78, 5) is 22.0. The van der Waals surface area contributed by atoms with Gasteiger partial charge in [-0.3, -0.25) is 9.59 Å². The maximum Gasteiger partial charge on any atom is 0.322 e. The minimum Gasteiger partial charge on any atom is -0.480 e. The van der Waals surface area contributed by atoms with Crippen molar-refractivity contribution in [2.24, 2.45) is 5.73 Å². The molecular formula is C17H34N2O4. The average Bonchev–Trinajstić information content (AvgIpc) is 2.52. The van der Waals surface area contributed by atoms with Crippen LogP contribution in [-0.2, 0) is 14.3 Å². The Bertz CT molecular complexity index is 311. The first-order chi connectivity index (χ1) is 11.1. The third kappa shape index (κ3) is 15.5. The van der Waals surface area contributed by atoms with Crippen LogP contribution in [0.3, 0.4) is 0 Å². The highest BCUT2D eigenvalue weighted by Gasteiger charge is 2.10. The summed E-state index contributed by atoms with van der Waals surface area (Å²) in [5.74, 6) is -1.06. The van der Waals surface area contributed by atoms with Gasteiger partial charge in [0.1, 0.15) is 6.04 Å². The van der Waals surface area contributed by atoms with Crippen molar-refractivity contribution in [2.45, 2.75) is 77.2 Å². The summed E-state index contributed by atoms with van der Waals surface area (Å²) in [7, 11) is 0. The van der Waals surface area contributed by atoms with E-state index in [4.69, 9.17) is 15.6 Å². The smallest absolute Gasteiger partial charge is 0.322 e. The van der Waals surface area contributed by atoms with Crippen LogP contribution >= 0.6 is 0 Å². The molecule has 1 amide bonds. The van der Waals surface area contributed by atoms with Crippen LogP contribution in [0.1, 0.15) is 71.1 Å². The van der Waals surface area contributed by atoms with Gasteiger partial charge in [-0.15, -0.1) is 0 Å². The monoisotopic (exact) mass is 330 g/mol. The molecule has 4 N–H and O–H groups in total. The number of carboxylic acids is 1. The standard InChI is InChI=1S/C17H34N2O4/c1-2-3-4-5-6-7-8-9-10-11-16(20)19-12-13-23-14-15(18)17(21)22/h15H,2-14,18H2,1H3,(H,19,20)(H,21,22)/t15-/m0/s1. The Morgan fingerprint density at radius 3 is 2.17 bits per heavy atom. The third-order valence-electron chi connectivity index (χ3n) is 3.69. The van der Waals surface area contributed by atoms with E-state index in [0.717, 1.165) is 12.8 Å². The Balaban J connectivity index is 3.26. The molecule has 0 aromatic rings. The van der Waals surface area contributed by atoms with Crippen molar-refractivity contribution in [1.82, 2.24) is 5.32 Å². The van der Waals surface area contributed by atoms with E-state index in [-0.39, 0.29) is 19.1 Å². The van der Waals surface area contributed by atoms with Crippen LogP contribution in [0.2, 0.25) is 0 Å². The summed E-state index contributed by atoms with van der Waals surface area (Å²) in [6.07, 6.45) is 11.7.